The molecule has 0 saturated heterocycles. The lowest BCUT2D eigenvalue weighted by atomic mass is 10.0. The number of rotatable bonds is 3. The summed E-state index contributed by atoms with van der Waals surface area (Å²) in [4.78, 5) is 9.06. The van der Waals surface area contributed by atoms with Gasteiger partial charge in [0.05, 0.1) is 5.75 Å². The summed E-state index contributed by atoms with van der Waals surface area (Å²) in [7, 11) is 0. The Morgan fingerprint density at radius 3 is 2.92 bits per heavy atom. The molecule has 8 heteroatoms. The van der Waals surface area contributed by atoms with Crippen molar-refractivity contribution in [2.45, 2.75) is 31.1 Å². The van der Waals surface area contributed by atoms with E-state index in [1.54, 1.807) is 11.8 Å². The summed E-state index contributed by atoms with van der Waals surface area (Å²) >= 11 is 7.52. The van der Waals surface area contributed by atoms with E-state index >= 15 is 0 Å². The van der Waals surface area contributed by atoms with Crippen LogP contribution in [0.2, 0.25) is 5.02 Å². The van der Waals surface area contributed by atoms with Crippen LogP contribution in [0.3, 0.4) is 0 Å². The molecule has 2 aromatic rings. The van der Waals surface area contributed by atoms with Crippen molar-refractivity contribution in [2.75, 3.05) is 6.54 Å². The predicted octanol–water partition coefficient (Wildman–Crippen LogP) is 0.755. The highest BCUT2D eigenvalue weighted by molar-refractivity contribution is 8.13. The molecule has 1 aliphatic carbocycles. The molecule has 0 bridgehead atoms. The molecule has 1 N–H and O–H groups in total. The molecule has 128 valence electrons. The Hall–Kier alpha value is -1.24. The van der Waals surface area contributed by atoms with E-state index in [-0.39, 0.29) is 12.4 Å². The van der Waals surface area contributed by atoms with Crippen molar-refractivity contribution in [3.63, 3.8) is 0 Å². The van der Waals surface area contributed by atoms with E-state index in [4.69, 9.17) is 16.1 Å². The first-order valence-electron chi connectivity index (χ1n) is 7.80. The first-order valence-corrected chi connectivity index (χ1v) is 9.16. The number of hydrogen-bond acceptors (Lipinski definition) is 6. The van der Waals surface area contributed by atoms with Crippen molar-refractivity contribution in [2.24, 2.45) is 10.9 Å². The quantitative estimate of drug-likeness (QED) is 0.847. The van der Waals surface area contributed by atoms with Gasteiger partial charge in [0.1, 0.15) is 0 Å². The maximum Gasteiger partial charge on any atom is 0.237 e. The van der Waals surface area contributed by atoms with Crippen LogP contribution in [0.4, 0.5) is 0 Å². The van der Waals surface area contributed by atoms with Gasteiger partial charge in [0.2, 0.25) is 11.7 Å². The molecule has 0 radical (unpaired) electrons. The highest BCUT2D eigenvalue weighted by Gasteiger charge is 2.30. The Morgan fingerprint density at radius 1 is 1.25 bits per heavy atom. The number of fused-ring (bicyclic) bond motifs is 1. The zero-order valence-corrected chi connectivity index (χ0v) is 15.2. The molecule has 1 aromatic carbocycles. The number of hydrogen-bond donors (Lipinski definition) is 1. The highest BCUT2D eigenvalue weighted by Crippen LogP contribution is 2.30. The Balaban J connectivity index is 0.00000169. The van der Waals surface area contributed by atoms with Crippen molar-refractivity contribution in [1.29, 1.82) is 0 Å². The van der Waals surface area contributed by atoms with E-state index in [0.29, 0.717) is 28.5 Å². The molecule has 2 unspecified atom stereocenters. The van der Waals surface area contributed by atoms with Gasteiger partial charge in [-0.25, -0.2) is 0 Å². The van der Waals surface area contributed by atoms with Gasteiger partial charge in [-0.1, -0.05) is 34.9 Å². The molecule has 1 saturated carbocycles. The van der Waals surface area contributed by atoms with E-state index in [1.165, 1.54) is 19.3 Å². The number of nitrogens with one attached hydrogen (secondary N) is 1. The first-order chi connectivity index (χ1) is 11.3. The standard InChI is InChI=1S/C16H17ClN4OS.ClH/c17-12-6-4-10(5-7-12)15-20-14(22-21-15)9-23-16-18-8-11-2-1-3-13(11)19-16;/h4-7,11,13H,1-3,8-9H2,(H,18,19);1H/p-1. The minimum atomic E-state index is 0. The van der Waals surface area contributed by atoms with Crippen molar-refractivity contribution in [3.8, 4) is 11.4 Å². The van der Waals surface area contributed by atoms with Gasteiger partial charge in [-0.3, -0.25) is 4.99 Å². The Morgan fingerprint density at radius 2 is 2.08 bits per heavy atom. The smallest absolute Gasteiger partial charge is 0.237 e. The molecule has 1 aromatic heterocycles. The van der Waals surface area contributed by atoms with Crippen LogP contribution in [0, 0.1) is 5.92 Å². The second-order valence-electron chi connectivity index (χ2n) is 5.89. The second kappa shape index (κ2) is 7.76. The van der Waals surface area contributed by atoms with E-state index < -0.39 is 0 Å². The molecule has 1 aliphatic heterocycles. The summed E-state index contributed by atoms with van der Waals surface area (Å²) in [6, 6.07) is 8.01. The van der Waals surface area contributed by atoms with Crippen LogP contribution < -0.4 is 17.7 Å². The van der Waals surface area contributed by atoms with Crippen LogP contribution in [-0.4, -0.2) is 27.9 Å². The van der Waals surface area contributed by atoms with Crippen molar-refractivity contribution < 1.29 is 16.9 Å². The van der Waals surface area contributed by atoms with E-state index in [0.717, 1.165) is 23.2 Å². The van der Waals surface area contributed by atoms with E-state index in [2.05, 4.69) is 20.4 Å². The van der Waals surface area contributed by atoms with Crippen LogP contribution in [0.15, 0.2) is 33.8 Å². The third-order valence-electron chi connectivity index (χ3n) is 4.34. The number of aromatic nitrogens is 2. The molecule has 5 nitrogen and oxygen atoms in total. The first kappa shape index (κ1) is 17.6. The van der Waals surface area contributed by atoms with Crippen molar-refractivity contribution >= 4 is 28.5 Å². The zero-order chi connectivity index (χ0) is 15.6. The molecule has 24 heavy (non-hydrogen) atoms. The lowest BCUT2D eigenvalue weighted by molar-refractivity contribution is -0.00000522. The van der Waals surface area contributed by atoms with E-state index in [9.17, 15) is 0 Å². The SMILES string of the molecule is Clc1ccc(-c2noc(CSC3=NCC4CCCC4N3)n2)cc1.[Cl-]. The summed E-state index contributed by atoms with van der Waals surface area (Å²) in [5, 5.41) is 9.26. The van der Waals surface area contributed by atoms with Crippen LogP contribution in [-0.2, 0) is 5.75 Å². The topological polar surface area (TPSA) is 63.3 Å². The number of halogens is 2. The van der Waals surface area contributed by atoms with Crippen LogP contribution >= 0.6 is 23.4 Å². The maximum atomic E-state index is 5.89. The Kier molecular flexibility index (Phi) is 5.69. The average Bonchev–Trinajstić information content (AvgIpc) is 3.22. The molecule has 2 heterocycles. The van der Waals surface area contributed by atoms with Gasteiger partial charge in [0.25, 0.3) is 0 Å². The van der Waals surface area contributed by atoms with Gasteiger partial charge in [0.15, 0.2) is 5.17 Å². The summed E-state index contributed by atoms with van der Waals surface area (Å²) < 4.78 is 5.33. The fourth-order valence-electron chi connectivity index (χ4n) is 3.10. The van der Waals surface area contributed by atoms with Gasteiger partial charge in [-0.15, -0.1) is 0 Å². The molecule has 2 atom stereocenters. The lowest BCUT2D eigenvalue weighted by Gasteiger charge is -2.26. The summed E-state index contributed by atoms with van der Waals surface area (Å²) in [6.45, 7) is 0.944. The Bertz CT molecular complexity index is 719. The Labute approximate surface area is 156 Å². The lowest BCUT2D eigenvalue weighted by Crippen LogP contribution is -3.00. The molecule has 4 rings (SSSR count). The van der Waals surface area contributed by atoms with Gasteiger partial charge >= 0.3 is 0 Å². The fraction of sp³-hybridized carbons (Fsp3) is 0.438. The van der Waals surface area contributed by atoms with Crippen molar-refractivity contribution in [1.82, 2.24) is 15.5 Å². The number of nitrogens with zero attached hydrogens (tertiary/aromatic N) is 3. The number of thioether (sulfide) groups is 1. The second-order valence-corrected chi connectivity index (χ2v) is 7.30. The summed E-state index contributed by atoms with van der Waals surface area (Å²) in [6.07, 6.45) is 3.86. The molecule has 0 amide bonds. The van der Waals surface area contributed by atoms with Gasteiger partial charge in [0, 0.05) is 23.2 Å². The monoisotopic (exact) mass is 383 g/mol. The molecule has 1 fully saturated rings. The van der Waals surface area contributed by atoms with Crippen LogP contribution in [0.25, 0.3) is 11.4 Å². The zero-order valence-electron chi connectivity index (χ0n) is 12.9. The maximum absolute atomic E-state index is 5.89. The average molecular weight is 384 g/mol. The molecular weight excluding hydrogens is 367 g/mol. The van der Waals surface area contributed by atoms with E-state index in [1.807, 2.05) is 24.3 Å². The van der Waals surface area contributed by atoms with Crippen LogP contribution in [0.1, 0.15) is 25.2 Å². The van der Waals surface area contributed by atoms with Crippen LogP contribution in [0.5, 0.6) is 0 Å². The van der Waals surface area contributed by atoms with Crippen molar-refractivity contribution in [3.05, 3.63) is 35.2 Å². The minimum Gasteiger partial charge on any atom is -1.00 e. The van der Waals surface area contributed by atoms with Gasteiger partial charge in [-0.05, 0) is 43.0 Å². The molecule has 2 aliphatic rings. The number of amidine groups is 1. The third-order valence-corrected chi connectivity index (χ3v) is 5.50. The highest BCUT2D eigenvalue weighted by atomic mass is 35.5. The fourth-order valence-corrected chi connectivity index (χ4v) is 4.00. The normalized spacial score (nSPS) is 22.3. The van der Waals surface area contributed by atoms with Gasteiger partial charge < -0.3 is 22.2 Å². The van der Waals surface area contributed by atoms with Gasteiger partial charge in [-0.2, -0.15) is 4.98 Å². The number of benzene rings is 1. The largest absolute Gasteiger partial charge is 1.00 e. The molecular formula is C16H17Cl2N4OS-. The third kappa shape index (κ3) is 3.87. The predicted molar refractivity (Wildman–Crippen MR) is 92.6 cm³/mol. The summed E-state index contributed by atoms with van der Waals surface area (Å²) in [5.41, 5.74) is 0.899. The minimum absolute atomic E-state index is 0. The molecule has 0 spiro atoms. The summed E-state index contributed by atoms with van der Waals surface area (Å²) in [5.74, 6) is 2.55. The number of aliphatic imine (C=N–C) groups is 1.